The molecule has 1 amide bonds. The first-order valence-corrected chi connectivity index (χ1v) is 10.3. The highest BCUT2D eigenvalue weighted by molar-refractivity contribution is 5.83. The van der Waals surface area contributed by atoms with Gasteiger partial charge < -0.3 is 5.32 Å². The van der Waals surface area contributed by atoms with Gasteiger partial charge in [-0.2, -0.15) is 0 Å². The number of rotatable bonds is 9. The van der Waals surface area contributed by atoms with Crippen molar-refractivity contribution in [2.45, 2.75) is 93.5 Å². The lowest BCUT2D eigenvalue weighted by atomic mass is 9.67. The van der Waals surface area contributed by atoms with Gasteiger partial charge >= 0.3 is 0 Å². The largest absolute Gasteiger partial charge is 0.352 e. The van der Waals surface area contributed by atoms with E-state index in [1.165, 1.54) is 5.56 Å². The number of carbonyl (C=O) groups excluding carboxylic acids is 1. The molecule has 148 valence electrons. The second-order valence-electron chi connectivity index (χ2n) is 9.69. The quantitative estimate of drug-likeness (QED) is 0.547. The van der Waals surface area contributed by atoms with Gasteiger partial charge in [-0.25, -0.2) is 0 Å². The average molecular weight is 360 g/mol. The summed E-state index contributed by atoms with van der Waals surface area (Å²) in [5.74, 6) is 0.649. The van der Waals surface area contributed by atoms with Crippen molar-refractivity contribution in [2.75, 3.05) is 0 Å². The fraction of sp³-hybridized carbons (Fsp3) is 0.708. The smallest absolute Gasteiger partial charge is 0.227 e. The zero-order valence-corrected chi connectivity index (χ0v) is 18.6. The maximum atomic E-state index is 13.0. The fourth-order valence-electron chi connectivity index (χ4n) is 3.69. The molecule has 2 heteroatoms. The number of nitrogens with one attached hydrogen (secondary N) is 1. The van der Waals surface area contributed by atoms with Crippen LogP contribution in [0.4, 0.5) is 0 Å². The minimum Gasteiger partial charge on any atom is -0.352 e. The van der Waals surface area contributed by atoms with Crippen LogP contribution in [0.2, 0.25) is 0 Å². The summed E-state index contributed by atoms with van der Waals surface area (Å²) >= 11 is 0. The van der Waals surface area contributed by atoms with Gasteiger partial charge in [-0.15, -0.1) is 0 Å². The van der Waals surface area contributed by atoms with Crippen LogP contribution in [0, 0.1) is 16.7 Å². The lowest BCUT2D eigenvalue weighted by Crippen LogP contribution is -2.54. The molecule has 26 heavy (non-hydrogen) atoms. The molecule has 0 aliphatic carbocycles. The van der Waals surface area contributed by atoms with E-state index in [1.54, 1.807) is 0 Å². The zero-order valence-electron chi connectivity index (χ0n) is 18.6. The topological polar surface area (TPSA) is 29.1 Å². The van der Waals surface area contributed by atoms with Gasteiger partial charge in [-0.3, -0.25) is 4.79 Å². The summed E-state index contributed by atoms with van der Waals surface area (Å²) in [5.41, 5.74) is 2.57. The van der Waals surface area contributed by atoms with E-state index in [9.17, 15) is 4.79 Å². The van der Waals surface area contributed by atoms with E-state index in [0.717, 1.165) is 24.8 Å². The fourth-order valence-corrected chi connectivity index (χ4v) is 3.69. The predicted molar refractivity (Wildman–Crippen MR) is 113 cm³/mol. The average Bonchev–Trinajstić information content (AvgIpc) is 2.58. The Labute approximate surface area is 162 Å². The summed E-state index contributed by atoms with van der Waals surface area (Å²) in [5, 5.41) is 3.41. The van der Waals surface area contributed by atoms with E-state index in [-0.39, 0.29) is 28.7 Å². The van der Waals surface area contributed by atoms with E-state index in [4.69, 9.17) is 0 Å². The van der Waals surface area contributed by atoms with Gasteiger partial charge in [0.25, 0.3) is 0 Å². The van der Waals surface area contributed by atoms with Gasteiger partial charge in [0, 0.05) is 6.04 Å². The Hall–Kier alpha value is -1.31. The highest BCUT2D eigenvalue weighted by Crippen LogP contribution is 2.39. The summed E-state index contributed by atoms with van der Waals surface area (Å²) in [4.78, 5) is 13.0. The van der Waals surface area contributed by atoms with Crippen LogP contribution in [0.3, 0.4) is 0 Å². The molecule has 1 unspecified atom stereocenters. The summed E-state index contributed by atoms with van der Waals surface area (Å²) < 4.78 is 0. The number of amides is 1. The second-order valence-corrected chi connectivity index (χ2v) is 9.69. The summed E-state index contributed by atoms with van der Waals surface area (Å²) in [6.45, 7) is 20.0. The van der Waals surface area contributed by atoms with Crippen molar-refractivity contribution in [3.05, 3.63) is 35.4 Å². The maximum absolute atomic E-state index is 13.0. The van der Waals surface area contributed by atoms with E-state index < -0.39 is 0 Å². The number of hydrogen-bond acceptors (Lipinski definition) is 1. The van der Waals surface area contributed by atoms with Crippen molar-refractivity contribution in [3.63, 3.8) is 0 Å². The molecule has 0 aliphatic heterocycles. The molecule has 2 nitrogen and oxygen atoms in total. The van der Waals surface area contributed by atoms with Crippen LogP contribution in [0.5, 0.6) is 0 Å². The van der Waals surface area contributed by atoms with Crippen molar-refractivity contribution in [1.29, 1.82) is 0 Å². The highest BCUT2D eigenvalue weighted by atomic mass is 16.1. The van der Waals surface area contributed by atoms with Crippen molar-refractivity contribution >= 4 is 5.91 Å². The van der Waals surface area contributed by atoms with E-state index in [1.807, 2.05) is 6.92 Å². The number of hydrogen-bond donors (Lipinski definition) is 1. The first-order chi connectivity index (χ1) is 11.9. The van der Waals surface area contributed by atoms with Crippen LogP contribution in [-0.2, 0) is 11.2 Å². The number of benzene rings is 1. The molecule has 0 fully saturated rings. The van der Waals surface area contributed by atoms with Crippen molar-refractivity contribution in [3.8, 4) is 0 Å². The molecule has 0 radical (unpaired) electrons. The van der Waals surface area contributed by atoms with E-state index >= 15 is 0 Å². The van der Waals surface area contributed by atoms with Gasteiger partial charge in [-0.05, 0) is 54.1 Å². The Bertz CT molecular complexity index is 552. The van der Waals surface area contributed by atoms with Crippen LogP contribution < -0.4 is 5.32 Å². The monoisotopic (exact) mass is 359 g/mol. The third-order valence-electron chi connectivity index (χ3n) is 6.19. The normalized spacial score (nSPS) is 14.0. The molecule has 0 aromatic heterocycles. The van der Waals surface area contributed by atoms with Crippen LogP contribution in [0.15, 0.2) is 24.3 Å². The molecule has 1 aromatic carbocycles. The van der Waals surface area contributed by atoms with Crippen molar-refractivity contribution < 1.29 is 4.79 Å². The minimum absolute atomic E-state index is 0.0655. The Morgan fingerprint density at radius 1 is 0.923 bits per heavy atom. The van der Waals surface area contributed by atoms with Gasteiger partial charge in [0.05, 0.1) is 5.92 Å². The molecule has 0 bridgehead atoms. The second kappa shape index (κ2) is 9.06. The first-order valence-electron chi connectivity index (χ1n) is 10.3. The standard InChI is InChI=1S/C24H41NO/c1-10-23(6,7)22(24(8,9)11-2)25-21(26)18(5)20-14-12-19(13-15-20)16-17(3)4/h12-15,17-18,22H,10-11,16H2,1-9H3,(H,25,26). The molecule has 0 heterocycles. The molecular formula is C24H41NO. The zero-order chi connectivity index (χ0) is 20.1. The van der Waals surface area contributed by atoms with Crippen LogP contribution >= 0.6 is 0 Å². The molecule has 0 saturated carbocycles. The summed E-state index contributed by atoms with van der Waals surface area (Å²) in [6, 6.07) is 8.73. The number of carbonyl (C=O) groups is 1. The molecule has 0 saturated heterocycles. The lowest BCUT2D eigenvalue weighted by Gasteiger charge is -2.45. The van der Waals surface area contributed by atoms with Crippen molar-refractivity contribution in [1.82, 2.24) is 5.32 Å². The Balaban J connectivity index is 2.95. The molecule has 1 N–H and O–H groups in total. The lowest BCUT2D eigenvalue weighted by molar-refractivity contribution is -0.125. The Morgan fingerprint density at radius 3 is 1.77 bits per heavy atom. The van der Waals surface area contributed by atoms with Gasteiger partial charge in [0.15, 0.2) is 0 Å². The van der Waals surface area contributed by atoms with Crippen LogP contribution in [0.1, 0.15) is 92.2 Å². The first kappa shape index (κ1) is 22.7. The Kier molecular flexibility index (Phi) is 7.92. The minimum atomic E-state index is -0.133. The molecule has 0 aliphatic rings. The third-order valence-corrected chi connectivity index (χ3v) is 6.19. The van der Waals surface area contributed by atoms with Gasteiger partial charge in [0.1, 0.15) is 0 Å². The van der Waals surface area contributed by atoms with Crippen LogP contribution in [-0.4, -0.2) is 11.9 Å². The van der Waals surface area contributed by atoms with Crippen molar-refractivity contribution in [2.24, 2.45) is 16.7 Å². The van der Waals surface area contributed by atoms with Crippen LogP contribution in [0.25, 0.3) is 0 Å². The molecule has 1 aromatic rings. The summed E-state index contributed by atoms with van der Waals surface area (Å²) in [6.07, 6.45) is 3.16. The molecule has 1 rings (SSSR count). The van der Waals surface area contributed by atoms with E-state index in [0.29, 0.717) is 5.92 Å². The highest BCUT2D eigenvalue weighted by Gasteiger charge is 2.40. The molecular weight excluding hydrogens is 318 g/mol. The predicted octanol–water partition coefficient (Wildman–Crippen LogP) is 6.35. The third kappa shape index (κ3) is 5.86. The summed E-state index contributed by atoms with van der Waals surface area (Å²) in [7, 11) is 0. The Morgan fingerprint density at radius 2 is 1.38 bits per heavy atom. The molecule has 0 spiro atoms. The van der Waals surface area contributed by atoms with Gasteiger partial charge in [0.2, 0.25) is 5.91 Å². The van der Waals surface area contributed by atoms with E-state index in [2.05, 4.69) is 85.0 Å². The SMILES string of the molecule is CCC(C)(C)C(NC(=O)C(C)c1ccc(CC(C)C)cc1)C(C)(C)CC. The van der Waals surface area contributed by atoms with Gasteiger partial charge in [-0.1, -0.05) is 79.7 Å². The molecule has 1 atom stereocenters. The maximum Gasteiger partial charge on any atom is 0.227 e.